The highest BCUT2D eigenvalue weighted by atomic mass is 16.5. The number of rotatable bonds is 7. The van der Waals surface area contributed by atoms with E-state index in [9.17, 15) is 9.59 Å². The van der Waals surface area contributed by atoms with Gasteiger partial charge in [-0.1, -0.05) is 42.5 Å². The molecule has 1 fully saturated rings. The minimum Gasteiger partial charge on any atom is -0.497 e. The Balaban J connectivity index is 1.52. The lowest BCUT2D eigenvalue weighted by Gasteiger charge is -2.22. The van der Waals surface area contributed by atoms with Crippen molar-refractivity contribution in [3.05, 3.63) is 65.7 Å². The fourth-order valence-electron chi connectivity index (χ4n) is 3.49. The van der Waals surface area contributed by atoms with Crippen molar-refractivity contribution in [2.24, 2.45) is 5.10 Å². The molecule has 0 bridgehead atoms. The Bertz CT molecular complexity index is 905. The summed E-state index contributed by atoms with van der Waals surface area (Å²) in [7, 11) is 1.63. The van der Waals surface area contributed by atoms with E-state index in [1.807, 2.05) is 54.6 Å². The van der Waals surface area contributed by atoms with Gasteiger partial charge in [-0.2, -0.15) is 5.10 Å². The molecular weight excluding hydrogens is 366 g/mol. The zero-order valence-electron chi connectivity index (χ0n) is 16.5. The first-order valence-corrected chi connectivity index (χ1v) is 10.0. The molecule has 1 atom stereocenters. The topological polar surface area (TPSA) is 71.0 Å². The van der Waals surface area contributed by atoms with E-state index in [0.29, 0.717) is 12.5 Å². The number of carbonyl (C=O) groups is 2. The molecule has 2 aliphatic rings. The average Bonchev–Trinajstić information content (AvgIpc) is 3.46. The van der Waals surface area contributed by atoms with Crippen LogP contribution in [0.25, 0.3) is 0 Å². The normalized spacial score (nSPS) is 18.3. The van der Waals surface area contributed by atoms with Crippen molar-refractivity contribution in [3.63, 3.8) is 0 Å². The molecule has 6 heteroatoms. The molecule has 0 spiro atoms. The third kappa shape index (κ3) is 4.65. The number of amides is 2. The number of benzene rings is 2. The number of methoxy groups -OCH3 is 1. The van der Waals surface area contributed by atoms with E-state index in [-0.39, 0.29) is 30.7 Å². The molecule has 150 valence electrons. The van der Waals surface area contributed by atoms with Crippen LogP contribution in [0.2, 0.25) is 0 Å². The number of nitrogens with one attached hydrogen (secondary N) is 1. The monoisotopic (exact) mass is 391 g/mol. The van der Waals surface area contributed by atoms with E-state index in [0.717, 1.165) is 35.4 Å². The van der Waals surface area contributed by atoms with E-state index in [2.05, 4.69) is 10.4 Å². The first kappa shape index (κ1) is 19.2. The number of ether oxygens (including phenoxy) is 1. The second kappa shape index (κ2) is 8.47. The summed E-state index contributed by atoms with van der Waals surface area (Å²) in [6.45, 7) is 0. The van der Waals surface area contributed by atoms with Crippen LogP contribution >= 0.6 is 0 Å². The van der Waals surface area contributed by atoms with Gasteiger partial charge in [-0.25, -0.2) is 5.01 Å². The fourth-order valence-corrected chi connectivity index (χ4v) is 3.49. The highest BCUT2D eigenvalue weighted by Gasteiger charge is 2.33. The number of nitrogens with zero attached hydrogens (tertiary/aromatic N) is 2. The van der Waals surface area contributed by atoms with Crippen LogP contribution in [0.3, 0.4) is 0 Å². The smallest absolute Gasteiger partial charge is 0.243 e. The van der Waals surface area contributed by atoms with Gasteiger partial charge in [0.2, 0.25) is 11.8 Å². The van der Waals surface area contributed by atoms with E-state index in [4.69, 9.17) is 4.74 Å². The van der Waals surface area contributed by atoms with Gasteiger partial charge in [0.1, 0.15) is 5.75 Å². The number of hydrogen-bond acceptors (Lipinski definition) is 4. The number of carbonyl (C=O) groups excluding carboxylic acids is 2. The third-order valence-corrected chi connectivity index (χ3v) is 5.28. The minimum atomic E-state index is -0.185. The molecule has 0 unspecified atom stereocenters. The van der Waals surface area contributed by atoms with Crippen LogP contribution in [-0.2, 0) is 9.59 Å². The van der Waals surface area contributed by atoms with Crippen LogP contribution in [0.4, 0.5) is 0 Å². The lowest BCUT2D eigenvalue weighted by molar-refractivity contribution is -0.135. The Kier molecular flexibility index (Phi) is 5.60. The largest absolute Gasteiger partial charge is 0.497 e. The highest BCUT2D eigenvalue weighted by Crippen LogP contribution is 2.34. The maximum atomic E-state index is 12.9. The molecule has 2 aromatic rings. The predicted molar refractivity (Wildman–Crippen MR) is 111 cm³/mol. The van der Waals surface area contributed by atoms with Gasteiger partial charge in [-0.15, -0.1) is 0 Å². The van der Waals surface area contributed by atoms with Gasteiger partial charge in [0.15, 0.2) is 0 Å². The zero-order chi connectivity index (χ0) is 20.2. The van der Waals surface area contributed by atoms with Crippen LogP contribution in [-0.4, -0.2) is 35.7 Å². The van der Waals surface area contributed by atoms with Gasteiger partial charge in [0.05, 0.1) is 18.9 Å². The summed E-state index contributed by atoms with van der Waals surface area (Å²) in [4.78, 5) is 24.9. The van der Waals surface area contributed by atoms with Gasteiger partial charge in [0, 0.05) is 25.3 Å². The summed E-state index contributed by atoms with van der Waals surface area (Å²) in [6.07, 6.45) is 3.05. The van der Waals surface area contributed by atoms with Crippen molar-refractivity contribution in [1.29, 1.82) is 0 Å². The van der Waals surface area contributed by atoms with Crippen molar-refractivity contribution in [1.82, 2.24) is 10.3 Å². The molecule has 1 N–H and O–H groups in total. The molecule has 6 nitrogen and oxygen atoms in total. The molecule has 2 aromatic carbocycles. The SMILES string of the molecule is COc1ccc([C@H]2CC(c3ccccc3)=NN2C(=O)CCC(=O)NC2CC2)cc1. The predicted octanol–water partition coefficient (Wildman–Crippen LogP) is 3.43. The molecule has 1 saturated carbocycles. The van der Waals surface area contributed by atoms with Crippen LogP contribution in [0.5, 0.6) is 5.75 Å². The first-order chi connectivity index (χ1) is 14.1. The van der Waals surface area contributed by atoms with Gasteiger partial charge in [0.25, 0.3) is 0 Å². The molecule has 0 radical (unpaired) electrons. The molecule has 1 aliphatic heterocycles. The zero-order valence-corrected chi connectivity index (χ0v) is 16.5. The molecule has 1 aliphatic carbocycles. The van der Waals surface area contributed by atoms with Gasteiger partial charge >= 0.3 is 0 Å². The van der Waals surface area contributed by atoms with E-state index < -0.39 is 0 Å². The molecular formula is C23H25N3O3. The lowest BCUT2D eigenvalue weighted by atomic mass is 9.98. The minimum absolute atomic E-state index is 0.0618. The van der Waals surface area contributed by atoms with Crippen LogP contribution in [0, 0.1) is 0 Å². The van der Waals surface area contributed by atoms with Gasteiger partial charge in [-0.05, 0) is 36.1 Å². The quantitative estimate of drug-likeness (QED) is 0.786. The lowest BCUT2D eigenvalue weighted by Crippen LogP contribution is -2.30. The second-order valence-electron chi connectivity index (χ2n) is 7.49. The summed E-state index contributed by atoms with van der Waals surface area (Å²) < 4.78 is 5.24. The molecule has 0 saturated heterocycles. The van der Waals surface area contributed by atoms with Gasteiger partial charge in [-0.3, -0.25) is 9.59 Å². The summed E-state index contributed by atoms with van der Waals surface area (Å²) >= 11 is 0. The third-order valence-electron chi connectivity index (χ3n) is 5.28. The summed E-state index contributed by atoms with van der Waals surface area (Å²) in [5.41, 5.74) is 2.88. The van der Waals surface area contributed by atoms with E-state index >= 15 is 0 Å². The Morgan fingerprint density at radius 3 is 2.45 bits per heavy atom. The summed E-state index contributed by atoms with van der Waals surface area (Å²) in [5.74, 6) is 0.571. The van der Waals surface area contributed by atoms with Crippen LogP contribution in [0.15, 0.2) is 59.7 Å². The van der Waals surface area contributed by atoms with Crippen molar-refractivity contribution in [2.75, 3.05) is 7.11 Å². The maximum Gasteiger partial charge on any atom is 0.243 e. The van der Waals surface area contributed by atoms with Crippen molar-refractivity contribution in [2.45, 2.75) is 44.2 Å². The first-order valence-electron chi connectivity index (χ1n) is 10.0. The van der Waals surface area contributed by atoms with E-state index in [1.165, 1.54) is 0 Å². The van der Waals surface area contributed by atoms with Crippen molar-refractivity contribution >= 4 is 17.5 Å². The summed E-state index contributed by atoms with van der Waals surface area (Å²) in [5, 5.41) is 9.13. The number of hydrogen-bond donors (Lipinski definition) is 1. The Morgan fingerprint density at radius 1 is 1.07 bits per heavy atom. The Morgan fingerprint density at radius 2 is 1.79 bits per heavy atom. The molecule has 29 heavy (non-hydrogen) atoms. The fraction of sp³-hybridized carbons (Fsp3) is 0.348. The van der Waals surface area contributed by atoms with Gasteiger partial charge < -0.3 is 10.1 Å². The molecule has 4 rings (SSSR count). The molecule has 2 amide bonds. The average molecular weight is 391 g/mol. The molecule has 0 aromatic heterocycles. The standard InChI is InChI=1S/C23H25N3O3/c1-29-19-11-7-17(8-12-19)21-15-20(16-5-3-2-4-6-16)25-26(21)23(28)14-13-22(27)24-18-9-10-18/h2-8,11-12,18,21H,9-10,13-15H2,1H3,(H,24,27)/t21-/m1/s1. The second-order valence-corrected chi connectivity index (χ2v) is 7.49. The molecule has 1 heterocycles. The Hall–Kier alpha value is -3.15. The Labute approximate surface area is 170 Å². The van der Waals surface area contributed by atoms with Crippen molar-refractivity contribution in [3.8, 4) is 5.75 Å². The van der Waals surface area contributed by atoms with E-state index in [1.54, 1.807) is 12.1 Å². The van der Waals surface area contributed by atoms with Crippen molar-refractivity contribution < 1.29 is 14.3 Å². The van der Waals surface area contributed by atoms with Crippen LogP contribution in [0.1, 0.15) is 49.3 Å². The maximum absolute atomic E-state index is 12.9. The van der Waals surface area contributed by atoms with Crippen LogP contribution < -0.4 is 10.1 Å². The number of hydrazone groups is 1. The summed E-state index contributed by atoms with van der Waals surface area (Å²) in [6, 6.07) is 17.7. The highest BCUT2D eigenvalue weighted by molar-refractivity contribution is 6.03.